The number of rotatable bonds is 51. The van der Waals surface area contributed by atoms with Crippen molar-refractivity contribution in [3.8, 4) is 0 Å². The summed E-state index contributed by atoms with van der Waals surface area (Å²) in [5.41, 5.74) is 9.83. The summed E-state index contributed by atoms with van der Waals surface area (Å²) >= 11 is 1.06. The Bertz CT molecular complexity index is 3890. The summed E-state index contributed by atoms with van der Waals surface area (Å²) < 4.78 is 28.4. The molecular formula is C85H127N13O18S. The van der Waals surface area contributed by atoms with Gasteiger partial charge in [-0.15, -0.1) is 11.3 Å². The van der Waals surface area contributed by atoms with Crippen LogP contribution >= 0.6 is 11.3 Å². The van der Waals surface area contributed by atoms with Gasteiger partial charge in [0, 0.05) is 68.5 Å². The summed E-state index contributed by atoms with van der Waals surface area (Å²) in [6.07, 6.45) is 6.12. The molecule has 6 rings (SSSR count). The number of aliphatic carboxylic acids is 1. The Morgan fingerprint density at radius 1 is 0.718 bits per heavy atom. The number of ether oxygens (including phenoxy) is 5. The van der Waals surface area contributed by atoms with Crippen molar-refractivity contribution in [2.45, 2.75) is 214 Å². The fraction of sp³-hybridized carbons (Fsp3) is 0.600. The number of thiazole rings is 1. The first-order valence-corrected chi connectivity index (χ1v) is 41.9. The molecule has 11 amide bonds. The number of urea groups is 1. The molecule has 32 heteroatoms. The van der Waals surface area contributed by atoms with E-state index in [9.17, 15) is 53.1 Å². The highest BCUT2D eigenvalue weighted by atomic mass is 32.1. The monoisotopic (exact) mass is 1650 g/mol. The van der Waals surface area contributed by atoms with Crippen LogP contribution in [0.2, 0.25) is 0 Å². The molecule has 0 spiro atoms. The number of allylic oxidation sites excluding steroid dienone is 1. The van der Waals surface area contributed by atoms with Gasteiger partial charge in [0.15, 0.2) is 6.10 Å². The number of unbranched alkanes of at least 4 members (excludes halogenated alkanes) is 2. The molecule has 1 saturated heterocycles. The normalized spacial score (nSPS) is 15.8. The maximum absolute atomic E-state index is 15.1. The van der Waals surface area contributed by atoms with E-state index < -0.39 is 101 Å². The zero-order valence-corrected chi connectivity index (χ0v) is 71.1. The van der Waals surface area contributed by atoms with Crippen molar-refractivity contribution in [1.82, 2.24) is 52.2 Å². The quantitative estimate of drug-likeness (QED) is 0.0145. The van der Waals surface area contributed by atoms with Gasteiger partial charge in [0.25, 0.3) is 11.8 Å². The van der Waals surface area contributed by atoms with Gasteiger partial charge in [0.2, 0.25) is 35.4 Å². The number of fused-ring (bicyclic) bond motifs is 2. The van der Waals surface area contributed by atoms with E-state index >= 15 is 4.79 Å². The Kier molecular flexibility index (Phi) is 41.5. The second kappa shape index (κ2) is 50.4. The number of benzene rings is 3. The predicted molar refractivity (Wildman–Crippen MR) is 447 cm³/mol. The molecule has 0 saturated carbocycles. The summed E-state index contributed by atoms with van der Waals surface area (Å²) in [5, 5.41) is 35.7. The minimum Gasteiger partial charge on any atom is -0.481 e. The SMILES string of the molecule is CCCCCON(C(=O)[C@@H](NC(=O)[C@H]1CCCCN1C)[C@@H](C)CC)[C@H](C[C@@H](OC(=O)NC)c1nc(C(=O)N[C@@H](Cc2ccc(NC(=O)[C@H](CCCNC(N)=O)NC(=O)[C@@H](NC(=O)CCOCCOCCOCCOCCNC(=O)CCC(=O)N3Cc4ccccc4/C=C(/C)c4ccccc43)C(C)C)cc2)CC(C)(C)C(=O)O)cs1)C(C)C. The van der Waals surface area contributed by atoms with Gasteiger partial charge in [-0.1, -0.05) is 135 Å². The summed E-state index contributed by atoms with van der Waals surface area (Å²) in [7, 11) is 3.31. The van der Waals surface area contributed by atoms with Crippen molar-refractivity contribution in [3.63, 3.8) is 0 Å². The second-order valence-corrected chi connectivity index (χ2v) is 32.0. The number of hydrogen-bond donors (Lipinski definition) is 10. The summed E-state index contributed by atoms with van der Waals surface area (Å²) in [5.74, 6) is -5.50. The lowest BCUT2D eigenvalue weighted by Crippen LogP contribution is -2.58. The number of piperidine rings is 1. The van der Waals surface area contributed by atoms with Crippen LogP contribution < -0.4 is 53.2 Å². The molecule has 0 aliphatic carbocycles. The van der Waals surface area contributed by atoms with Crippen molar-refractivity contribution < 1.29 is 86.4 Å². The third-order valence-electron chi connectivity index (χ3n) is 20.7. The lowest BCUT2D eigenvalue weighted by atomic mass is 9.84. The largest absolute Gasteiger partial charge is 0.481 e. The molecule has 1 fully saturated rings. The Balaban J connectivity index is 0.964. The van der Waals surface area contributed by atoms with E-state index in [0.717, 1.165) is 71.5 Å². The topological polar surface area (TPSA) is 408 Å². The molecule has 1 aromatic heterocycles. The number of amides is 11. The third kappa shape index (κ3) is 32.4. The number of nitrogens with zero attached hydrogens (tertiary/aromatic N) is 4. The number of likely N-dealkylation sites (tertiary alicyclic amines) is 1. The molecule has 0 unspecified atom stereocenters. The Hall–Kier alpha value is -9.44. The van der Waals surface area contributed by atoms with Gasteiger partial charge < -0.3 is 82.0 Å². The maximum atomic E-state index is 15.1. The molecule has 0 bridgehead atoms. The first-order chi connectivity index (χ1) is 55.9. The number of primary amides is 1. The van der Waals surface area contributed by atoms with Gasteiger partial charge in [0.05, 0.1) is 89.2 Å². The van der Waals surface area contributed by atoms with Crippen molar-refractivity contribution in [1.29, 1.82) is 0 Å². The average Bonchev–Trinajstić information content (AvgIpc) is 1.42. The first kappa shape index (κ1) is 96.4. The Labute approximate surface area is 692 Å². The Morgan fingerprint density at radius 2 is 1.39 bits per heavy atom. The molecule has 11 N–H and O–H groups in total. The number of hydrogen-bond acceptors (Lipinski definition) is 20. The number of carboxylic acid groups (broad SMARTS) is 1. The summed E-state index contributed by atoms with van der Waals surface area (Å²) in [4.78, 5) is 163. The van der Waals surface area contributed by atoms with Gasteiger partial charge in [-0.25, -0.2) is 19.6 Å². The van der Waals surface area contributed by atoms with Crippen LogP contribution in [0, 0.1) is 23.2 Å². The van der Waals surface area contributed by atoms with E-state index in [1.54, 1.807) is 56.9 Å². The van der Waals surface area contributed by atoms with E-state index in [1.807, 2.05) is 95.1 Å². The predicted octanol–water partition coefficient (Wildman–Crippen LogP) is 9.24. The highest BCUT2D eigenvalue weighted by Gasteiger charge is 2.41. The average molecular weight is 1650 g/mol. The van der Waals surface area contributed by atoms with E-state index in [4.69, 9.17) is 39.2 Å². The standard InChI is InChI=1S/C85H127N13O18S/c1-13-15-22-40-115-98(81(106)75(57(7)14-2)95-78(104)68-29-20-21-39-96(68)12)69(55(3)4)51-70(116-84(110)87-11)80-93-66(54-117-80)77(103)91-63(52-85(9,10)82(107)108)50-59-30-32-62(33-31-59)90-76(102)65(27-23-37-89-83(86)109)92-79(105)74(56(5)6)94-72(100)36-41-111-43-45-113-47-48-114-46-44-112-42-38-88-71(99)34-35-73(101)97-53-61-25-17-16-24-60(61)49-58(8)64-26-18-19-28-67(64)97/h16-19,24-26,28,30-33,49,54-57,63,65,68-70,74-75H,13-15,20-23,27,29,34-48,50-53H2,1-12H3,(H,87,110)(H,88,99)(H,90,102)(H,91,103)(H,92,105)(H,94,100)(H,95,104)(H,107,108)(H3,86,89,109)/b58-49-/t57-,63-,65-,68+,69+,70+,74-,75-/m0/s1. The number of anilines is 2. The highest BCUT2D eigenvalue weighted by Crippen LogP contribution is 2.36. The molecular weight excluding hydrogens is 1520 g/mol. The van der Waals surface area contributed by atoms with E-state index in [-0.39, 0.29) is 151 Å². The number of hydroxylamine groups is 2. The molecule has 0 radical (unpaired) electrons. The zero-order chi connectivity index (χ0) is 85.6. The number of nitrogens with one attached hydrogen (secondary N) is 8. The van der Waals surface area contributed by atoms with Crippen LogP contribution in [0.5, 0.6) is 0 Å². The minimum absolute atomic E-state index is 0.00816. The summed E-state index contributed by atoms with van der Waals surface area (Å²) in [6, 6.07) is 16.6. The molecule has 3 heterocycles. The number of para-hydroxylation sites is 1. The van der Waals surface area contributed by atoms with Gasteiger partial charge in [-0.2, -0.15) is 0 Å². The van der Waals surface area contributed by atoms with Gasteiger partial charge in [-0.3, -0.25) is 52.9 Å². The summed E-state index contributed by atoms with van der Waals surface area (Å²) in [6.45, 7) is 21.9. The molecule has 646 valence electrons. The second-order valence-electron chi connectivity index (χ2n) is 31.1. The van der Waals surface area contributed by atoms with E-state index in [0.29, 0.717) is 50.3 Å². The van der Waals surface area contributed by atoms with Crippen LogP contribution in [0.3, 0.4) is 0 Å². The zero-order valence-electron chi connectivity index (χ0n) is 70.3. The highest BCUT2D eigenvalue weighted by molar-refractivity contribution is 7.09. The number of likely N-dealkylation sites (N-methyl/N-ethyl adjacent to an activating group) is 1. The van der Waals surface area contributed by atoms with Crippen LogP contribution in [0.15, 0.2) is 78.2 Å². The van der Waals surface area contributed by atoms with Crippen molar-refractivity contribution >= 4 is 99.7 Å². The molecule has 2 aliphatic rings. The molecule has 3 aromatic carbocycles. The van der Waals surface area contributed by atoms with Gasteiger partial charge in [0.1, 0.15) is 28.8 Å². The molecule has 8 atom stereocenters. The smallest absolute Gasteiger partial charge is 0.407 e. The van der Waals surface area contributed by atoms with Crippen LogP contribution in [-0.2, 0) is 79.8 Å². The maximum Gasteiger partial charge on any atom is 0.407 e. The van der Waals surface area contributed by atoms with Crippen LogP contribution in [0.25, 0.3) is 11.6 Å². The van der Waals surface area contributed by atoms with Gasteiger partial charge >= 0.3 is 18.1 Å². The lowest BCUT2D eigenvalue weighted by Gasteiger charge is -2.39. The number of carboxylic acids is 1. The number of alkyl carbamates (subject to hydrolysis) is 1. The number of nitrogens with two attached hydrogens (primary N) is 1. The fourth-order valence-corrected chi connectivity index (χ4v) is 14.4. The van der Waals surface area contributed by atoms with E-state index in [1.165, 1.54) is 17.5 Å². The number of carbonyl (C=O) groups is 11. The van der Waals surface area contributed by atoms with Crippen molar-refractivity contribution in [3.05, 3.63) is 111 Å². The minimum atomic E-state index is -1.33. The van der Waals surface area contributed by atoms with E-state index in [2.05, 4.69) is 55.5 Å². The van der Waals surface area contributed by atoms with Crippen molar-refractivity contribution in [2.24, 2.45) is 28.9 Å². The third-order valence-corrected chi connectivity index (χ3v) is 21.6. The van der Waals surface area contributed by atoms with Crippen LogP contribution in [-0.4, -0.2) is 215 Å². The fourth-order valence-electron chi connectivity index (χ4n) is 13.6. The number of carbonyl (C=O) groups excluding carboxylic acids is 10. The van der Waals surface area contributed by atoms with Crippen LogP contribution in [0.1, 0.15) is 203 Å². The van der Waals surface area contributed by atoms with Gasteiger partial charge in [-0.05, 0) is 138 Å². The molecule has 117 heavy (non-hydrogen) atoms. The number of aromatic nitrogens is 1. The molecule has 4 aromatic rings. The van der Waals surface area contributed by atoms with Crippen LogP contribution in [0.4, 0.5) is 21.0 Å². The van der Waals surface area contributed by atoms with Crippen molar-refractivity contribution in [2.75, 3.05) is 103 Å². The Morgan fingerprint density at radius 3 is 2.04 bits per heavy atom. The lowest BCUT2D eigenvalue weighted by molar-refractivity contribution is -0.212. The first-order valence-electron chi connectivity index (χ1n) is 41.1. The molecule has 31 nitrogen and oxygen atoms in total. The molecule has 2 aliphatic heterocycles.